The predicted molar refractivity (Wildman–Crippen MR) is 129 cm³/mol. The highest BCUT2D eigenvalue weighted by atomic mass is 16.5. The molecule has 1 fully saturated rings. The monoisotopic (exact) mass is 445 g/mol. The average Bonchev–Trinajstić information content (AvgIpc) is 3.09. The minimum atomic E-state index is -0.260. The molecule has 0 saturated carbocycles. The summed E-state index contributed by atoms with van der Waals surface area (Å²) in [5.41, 5.74) is 3.00. The van der Waals surface area contributed by atoms with Crippen molar-refractivity contribution in [1.29, 1.82) is 0 Å². The number of benzene rings is 2. The molecule has 172 valence electrons. The molecule has 0 N–H and O–H groups in total. The Morgan fingerprint density at radius 2 is 1.64 bits per heavy atom. The highest BCUT2D eigenvalue weighted by molar-refractivity contribution is 6.35. The van der Waals surface area contributed by atoms with Crippen LogP contribution in [-0.2, 0) is 16.1 Å². The van der Waals surface area contributed by atoms with Crippen molar-refractivity contribution in [2.75, 3.05) is 39.3 Å². The molecule has 0 aliphatic carbocycles. The van der Waals surface area contributed by atoms with Crippen molar-refractivity contribution in [3.63, 3.8) is 0 Å². The summed E-state index contributed by atoms with van der Waals surface area (Å²) in [5, 5.41) is 0. The van der Waals surface area contributed by atoms with Crippen LogP contribution in [0.5, 0.6) is 5.75 Å². The van der Waals surface area contributed by atoms with E-state index in [1.165, 1.54) is 10.5 Å². The lowest BCUT2D eigenvalue weighted by Crippen LogP contribution is -2.47. The maximum atomic E-state index is 13.3. The largest absolute Gasteiger partial charge is 0.494 e. The number of nitrogens with zero attached hydrogens (tertiary/aromatic N) is 3. The Kier molecular flexibility index (Phi) is 7.25. The number of hydrogen-bond donors (Lipinski definition) is 0. The van der Waals surface area contributed by atoms with Crippen molar-refractivity contribution >= 4 is 17.4 Å². The highest BCUT2D eigenvalue weighted by Crippen LogP contribution is 2.33. The Balaban J connectivity index is 1.56. The Bertz CT molecular complexity index is 1020. The number of hydrogen-bond acceptors (Lipinski definition) is 5. The summed E-state index contributed by atoms with van der Waals surface area (Å²) in [7, 11) is 0. The molecule has 6 nitrogen and oxygen atoms in total. The molecular weight excluding hydrogens is 414 g/mol. The zero-order chi connectivity index (χ0) is 23.2. The second-order valence-corrected chi connectivity index (χ2v) is 8.35. The standard InChI is InChI=1S/C27H31N3O3/c1-3-14-30-26(31)24(22-10-12-23(13-11-22)33-19-4-2)25(27(30)32)29-17-15-28(16-18-29)20-21-8-6-5-7-9-21/h3,5-13H,1,4,14-20H2,2H3. The van der Waals surface area contributed by atoms with Crippen molar-refractivity contribution in [2.24, 2.45) is 0 Å². The van der Waals surface area contributed by atoms with Gasteiger partial charge in [-0.25, -0.2) is 0 Å². The number of ether oxygens (including phenoxy) is 1. The SMILES string of the molecule is C=CCN1C(=O)C(c2ccc(OCCC)cc2)=C(N2CCN(Cc3ccccc3)CC2)C1=O. The van der Waals surface area contributed by atoms with Gasteiger partial charge in [0.2, 0.25) is 0 Å². The van der Waals surface area contributed by atoms with Gasteiger partial charge in [0, 0.05) is 39.3 Å². The summed E-state index contributed by atoms with van der Waals surface area (Å²) in [6.07, 6.45) is 2.52. The number of rotatable bonds is 9. The summed E-state index contributed by atoms with van der Waals surface area (Å²) in [4.78, 5) is 32.3. The van der Waals surface area contributed by atoms with Gasteiger partial charge in [-0.15, -0.1) is 6.58 Å². The molecule has 2 aromatic carbocycles. The summed E-state index contributed by atoms with van der Waals surface area (Å²) in [6.45, 7) is 10.6. The third-order valence-electron chi connectivity index (χ3n) is 6.01. The fraction of sp³-hybridized carbons (Fsp3) is 0.333. The maximum Gasteiger partial charge on any atom is 0.278 e. The van der Waals surface area contributed by atoms with E-state index in [2.05, 4.69) is 47.6 Å². The van der Waals surface area contributed by atoms with Crippen LogP contribution >= 0.6 is 0 Å². The van der Waals surface area contributed by atoms with E-state index in [4.69, 9.17) is 4.74 Å². The van der Waals surface area contributed by atoms with E-state index in [1.807, 2.05) is 30.3 Å². The van der Waals surface area contributed by atoms with Crippen LogP contribution in [0.2, 0.25) is 0 Å². The second-order valence-electron chi connectivity index (χ2n) is 8.35. The number of imide groups is 1. The minimum Gasteiger partial charge on any atom is -0.494 e. The van der Waals surface area contributed by atoms with Gasteiger partial charge in [-0.05, 0) is 29.7 Å². The van der Waals surface area contributed by atoms with Crippen LogP contribution in [0.4, 0.5) is 0 Å². The summed E-state index contributed by atoms with van der Waals surface area (Å²) >= 11 is 0. The molecule has 0 radical (unpaired) electrons. The Morgan fingerprint density at radius 1 is 0.939 bits per heavy atom. The van der Waals surface area contributed by atoms with Crippen LogP contribution < -0.4 is 4.74 Å². The third-order valence-corrected chi connectivity index (χ3v) is 6.01. The van der Waals surface area contributed by atoms with E-state index in [0.29, 0.717) is 31.0 Å². The van der Waals surface area contributed by atoms with Gasteiger partial charge in [0.25, 0.3) is 11.8 Å². The smallest absolute Gasteiger partial charge is 0.278 e. The molecule has 2 amide bonds. The molecule has 2 aromatic rings. The zero-order valence-corrected chi connectivity index (χ0v) is 19.2. The Labute approximate surface area is 195 Å². The zero-order valence-electron chi connectivity index (χ0n) is 19.2. The lowest BCUT2D eigenvalue weighted by Gasteiger charge is -2.36. The Hall–Kier alpha value is -3.38. The molecule has 0 spiro atoms. The highest BCUT2D eigenvalue weighted by Gasteiger charge is 2.41. The van der Waals surface area contributed by atoms with E-state index < -0.39 is 0 Å². The van der Waals surface area contributed by atoms with Crippen molar-refractivity contribution in [1.82, 2.24) is 14.7 Å². The van der Waals surface area contributed by atoms with Crippen LogP contribution in [0, 0.1) is 0 Å². The molecule has 2 heterocycles. The maximum absolute atomic E-state index is 13.3. The Morgan fingerprint density at radius 3 is 2.27 bits per heavy atom. The molecule has 0 atom stereocenters. The lowest BCUT2D eigenvalue weighted by atomic mass is 10.0. The molecule has 1 saturated heterocycles. The number of amides is 2. The minimum absolute atomic E-state index is 0.205. The molecular formula is C27H31N3O3. The van der Waals surface area contributed by atoms with E-state index in [9.17, 15) is 9.59 Å². The molecule has 0 aromatic heterocycles. The van der Waals surface area contributed by atoms with Crippen LogP contribution in [-0.4, -0.2) is 65.8 Å². The molecule has 2 aliphatic rings. The second kappa shape index (κ2) is 10.5. The van der Waals surface area contributed by atoms with E-state index >= 15 is 0 Å². The van der Waals surface area contributed by atoms with Gasteiger partial charge < -0.3 is 9.64 Å². The van der Waals surface area contributed by atoms with Gasteiger partial charge in [0.05, 0.1) is 12.2 Å². The van der Waals surface area contributed by atoms with Crippen LogP contribution in [0.3, 0.4) is 0 Å². The average molecular weight is 446 g/mol. The van der Waals surface area contributed by atoms with Crippen LogP contribution in [0.1, 0.15) is 24.5 Å². The molecule has 4 rings (SSSR count). The molecule has 33 heavy (non-hydrogen) atoms. The van der Waals surface area contributed by atoms with Gasteiger partial charge in [0.1, 0.15) is 11.4 Å². The molecule has 2 aliphatic heterocycles. The third kappa shape index (κ3) is 5.01. The normalized spacial score (nSPS) is 17.1. The first kappa shape index (κ1) is 22.8. The molecule has 0 unspecified atom stereocenters. The van der Waals surface area contributed by atoms with E-state index in [0.717, 1.165) is 37.4 Å². The summed E-state index contributed by atoms with van der Waals surface area (Å²) < 4.78 is 5.68. The molecule has 6 heteroatoms. The first-order valence-electron chi connectivity index (χ1n) is 11.6. The predicted octanol–water partition coefficient (Wildman–Crippen LogP) is 3.56. The summed E-state index contributed by atoms with van der Waals surface area (Å²) in [5.74, 6) is 0.263. The van der Waals surface area contributed by atoms with Gasteiger partial charge >= 0.3 is 0 Å². The van der Waals surface area contributed by atoms with Crippen molar-refractivity contribution in [3.8, 4) is 5.75 Å². The topological polar surface area (TPSA) is 53.1 Å². The summed E-state index contributed by atoms with van der Waals surface area (Å²) in [6, 6.07) is 17.9. The number of carbonyl (C=O) groups is 2. The fourth-order valence-corrected chi connectivity index (χ4v) is 4.32. The fourth-order valence-electron chi connectivity index (χ4n) is 4.32. The van der Waals surface area contributed by atoms with E-state index in [-0.39, 0.29) is 18.4 Å². The van der Waals surface area contributed by atoms with Crippen LogP contribution in [0.25, 0.3) is 5.57 Å². The first-order chi connectivity index (χ1) is 16.1. The van der Waals surface area contributed by atoms with Crippen molar-refractivity contribution in [3.05, 3.63) is 84.1 Å². The van der Waals surface area contributed by atoms with E-state index in [1.54, 1.807) is 6.08 Å². The van der Waals surface area contributed by atoms with Gasteiger partial charge in [-0.2, -0.15) is 0 Å². The quantitative estimate of drug-likeness (QED) is 0.436. The van der Waals surface area contributed by atoms with Gasteiger partial charge in [-0.1, -0.05) is 55.5 Å². The number of carbonyl (C=O) groups excluding carboxylic acids is 2. The number of piperazine rings is 1. The van der Waals surface area contributed by atoms with Gasteiger partial charge in [0.15, 0.2) is 0 Å². The first-order valence-corrected chi connectivity index (χ1v) is 11.6. The lowest BCUT2D eigenvalue weighted by molar-refractivity contribution is -0.137. The van der Waals surface area contributed by atoms with Crippen molar-refractivity contribution in [2.45, 2.75) is 19.9 Å². The molecule has 0 bridgehead atoms. The van der Waals surface area contributed by atoms with Crippen molar-refractivity contribution < 1.29 is 14.3 Å². The van der Waals surface area contributed by atoms with Crippen LogP contribution in [0.15, 0.2) is 72.9 Å². The van der Waals surface area contributed by atoms with Gasteiger partial charge in [-0.3, -0.25) is 19.4 Å².